The zero-order valence-corrected chi connectivity index (χ0v) is 10.6. The number of amides is 2. The molecular weight excluding hydrogens is 202 g/mol. The van der Waals surface area contributed by atoms with E-state index in [1.807, 2.05) is 14.0 Å². The Labute approximate surface area is 97.0 Å². The quantitative estimate of drug-likeness (QED) is 0.804. The van der Waals surface area contributed by atoms with Crippen LogP contribution in [0.3, 0.4) is 0 Å². The van der Waals surface area contributed by atoms with Gasteiger partial charge in [0, 0.05) is 31.5 Å². The summed E-state index contributed by atoms with van der Waals surface area (Å²) >= 11 is 0. The van der Waals surface area contributed by atoms with Gasteiger partial charge in [-0.15, -0.1) is 0 Å². The summed E-state index contributed by atoms with van der Waals surface area (Å²) in [5, 5.41) is 5.64. The SMILES string of the molecule is CCCNC(=O)NCc1cc(C)n(C)c1C. The number of hydrogen-bond donors (Lipinski definition) is 2. The van der Waals surface area contributed by atoms with E-state index in [-0.39, 0.29) is 6.03 Å². The Bertz CT molecular complexity index is 369. The molecule has 4 heteroatoms. The fourth-order valence-corrected chi connectivity index (χ4v) is 1.59. The van der Waals surface area contributed by atoms with Crippen LogP contribution in [0.15, 0.2) is 6.07 Å². The third kappa shape index (κ3) is 3.02. The third-order valence-corrected chi connectivity index (χ3v) is 2.85. The van der Waals surface area contributed by atoms with E-state index < -0.39 is 0 Å². The molecule has 0 aliphatic carbocycles. The predicted octanol–water partition coefficient (Wildman–Crippen LogP) is 1.85. The van der Waals surface area contributed by atoms with Crippen molar-refractivity contribution in [3.8, 4) is 0 Å². The zero-order valence-electron chi connectivity index (χ0n) is 10.6. The molecule has 0 aromatic carbocycles. The first kappa shape index (κ1) is 12.6. The fraction of sp³-hybridized carbons (Fsp3) is 0.583. The summed E-state index contributed by atoms with van der Waals surface area (Å²) < 4.78 is 2.13. The molecule has 2 N–H and O–H groups in total. The molecule has 0 aliphatic rings. The maximum Gasteiger partial charge on any atom is 0.315 e. The summed E-state index contributed by atoms with van der Waals surface area (Å²) in [7, 11) is 2.03. The lowest BCUT2D eigenvalue weighted by Gasteiger charge is -2.06. The van der Waals surface area contributed by atoms with Crippen molar-refractivity contribution in [1.82, 2.24) is 15.2 Å². The maximum absolute atomic E-state index is 11.3. The van der Waals surface area contributed by atoms with Gasteiger partial charge >= 0.3 is 6.03 Å². The molecule has 0 aliphatic heterocycles. The van der Waals surface area contributed by atoms with Gasteiger partial charge < -0.3 is 15.2 Å². The monoisotopic (exact) mass is 223 g/mol. The van der Waals surface area contributed by atoms with E-state index in [2.05, 4.69) is 35.1 Å². The molecule has 1 aromatic heterocycles. The van der Waals surface area contributed by atoms with E-state index in [4.69, 9.17) is 0 Å². The van der Waals surface area contributed by atoms with Crippen LogP contribution in [0.4, 0.5) is 4.79 Å². The molecule has 0 atom stereocenters. The lowest BCUT2D eigenvalue weighted by atomic mass is 10.2. The van der Waals surface area contributed by atoms with Crippen molar-refractivity contribution in [3.05, 3.63) is 23.0 Å². The standard InChI is InChI=1S/C12H21N3O/c1-5-6-13-12(16)14-8-11-7-9(2)15(4)10(11)3/h7H,5-6,8H2,1-4H3,(H2,13,14,16). The van der Waals surface area contributed by atoms with Crippen molar-refractivity contribution in [2.24, 2.45) is 7.05 Å². The van der Waals surface area contributed by atoms with Crippen molar-refractivity contribution < 1.29 is 4.79 Å². The molecule has 0 unspecified atom stereocenters. The number of rotatable bonds is 4. The molecular formula is C12H21N3O. The first-order valence-electron chi connectivity index (χ1n) is 5.69. The summed E-state index contributed by atoms with van der Waals surface area (Å²) in [5.41, 5.74) is 3.59. The van der Waals surface area contributed by atoms with Crippen LogP contribution in [-0.2, 0) is 13.6 Å². The number of carbonyl (C=O) groups excluding carboxylic acids is 1. The molecule has 0 bridgehead atoms. The Morgan fingerprint density at radius 2 is 2.06 bits per heavy atom. The van der Waals surface area contributed by atoms with Crippen molar-refractivity contribution >= 4 is 6.03 Å². The first-order chi connectivity index (χ1) is 7.56. The largest absolute Gasteiger partial charge is 0.352 e. The lowest BCUT2D eigenvalue weighted by Crippen LogP contribution is -2.35. The number of urea groups is 1. The van der Waals surface area contributed by atoms with Crippen LogP contribution < -0.4 is 10.6 Å². The van der Waals surface area contributed by atoms with E-state index in [0.29, 0.717) is 6.54 Å². The summed E-state index contributed by atoms with van der Waals surface area (Å²) in [5.74, 6) is 0. The van der Waals surface area contributed by atoms with Crippen LogP contribution in [0.1, 0.15) is 30.3 Å². The molecule has 1 rings (SSSR count). The Balaban J connectivity index is 2.48. The highest BCUT2D eigenvalue weighted by molar-refractivity contribution is 5.73. The second kappa shape index (κ2) is 5.58. The minimum atomic E-state index is -0.0947. The number of hydrogen-bond acceptors (Lipinski definition) is 1. The van der Waals surface area contributed by atoms with Gasteiger partial charge in [-0.1, -0.05) is 6.92 Å². The summed E-state index contributed by atoms with van der Waals surface area (Å²) in [6, 6.07) is 2.01. The Kier molecular flexibility index (Phi) is 4.40. The highest BCUT2D eigenvalue weighted by Gasteiger charge is 2.06. The molecule has 16 heavy (non-hydrogen) atoms. The average molecular weight is 223 g/mol. The number of nitrogens with one attached hydrogen (secondary N) is 2. The fourth-order valence-electron chi connectivity index (χ4n) is 1.59. The van der Waals surface area contributed by atoms with Gasteiger partial charge in [0.25, 0.3) is 0 Å². The van der Waals surface area contributed by atoms with Crippen LogP contribution in [-0.4, -0.2) is 17.1 Å². The highest BCUT2D eigenvalue weighted by Crippen LogP contribution is 2.12. The molecule has 90 valence electrons. The molecule has 0 fully saturated rings. The Morgan fingerprint density at radius 3 is 2.56 bits per heavy atom. The molecule has 4 nitrogen and oxygen atoms in total. The first-order valence-corrected chi connectivity index (χ1v) is 5.69. The zero-order chi connectivity index (χ0) is 12.1. The third-order valence-electron chi connectivity index (χ3n) is 2.85. The minimum absolute atomic E-state index is 0.0947. The number of aromatic nitrogens is 1. The molecule has 2 amide bonds. The number of nitrogens with zero attached hydrogens (tertiary/aromatic N) is 1. The van der Waals surface area contributed by atoms with Gasteiger partial charge in [-0.25, -0.2) is 4.79 Å². The van der Waals surface area contributed by atoms with Gasteiger partial charge in [-0.2, -0.15) is 0 Å². The average Bonchev–Trinajstić information content (AvgIpc) is 2.51. The second-order valence-corrected chi connectivity index (χ2v) is 4.06. The van der Waals surface area contributed by atoms with Crippen LogP contribution in [0, 0.1) is 13.8 Å². The molecule has 0 radical (unpaired) electrons. The van der Waals surface area contributed by atoms with Gasteiger partial charge in [0.1, 0.15) is 0 Å². The van der Waals surface area contributed by atoms with Gasteiger partial charge in [0.05, 0.1) is 0 Å². The number of carbonyl (C=O) groups is 1. The van der Waals surface area contributed by atoms with E-state index in [1.165, 1.54) is 17.0 Å². The minimum Gasteiger partial charge on any atom is -0.352 e. The number of aryl methyl sites for hydroxylation is 1. The molecule has 0 spiro atoms. The van der Waals surface area contributed by atoms with E-state index in [9.17, 15) is 4.79 Å². The molecule has 0 saturated carbocycles. The smallest absolute Gasteiger partial charge is 0.315 e. The van der Waals surface area contributed by atoms with Gasteiger partial charge in [0.2, 0.25) is 0 Å². The summed E-state index contributed by atoms with van der Waals surface area (Å²) in [4.78, 5) is 11.3. The predicted molar refractivity (Wildman–Crippen MR) is 65.4 cm³/mol. The van der Waals surface area contributed by atoms with Crippen LogP contribution in [0.25, 0.3) is 0 Å². The van der Waals surface area contributed by atoms with Gasteiger partial charge in [-0.3, -0.25) is 0 Å². The molecule has 0 saturated heterocycles. The van der Waals surface area contributed by atoms with Crippen molar-refractivity contribution in [2.75, 3.05) is 6.54 Å². The van der Waals surface area contributed by atoms with Gasteiger partial charge in [-0.05, 0) is 31.9 Å². The van der Waals surface area contributed by atoms with Crippen molar-refractivity contribution in [1.29, 1.82) is 0 Å². The normalized spacial score (nSPS) is 10.2. The Morgan fingerprint density at radius 1 is 1.38 bits per heavy atom. The van der Waals surface area contributed by atoms with Crippen LogP contribution in [0.2, 0.25) is 0 Å². The molecule has 1 heterocycles. The van der Waals surface area contributed by atoms with E-state index in [0.717, 1.165) is 13.0 Å². The Hall–Kier alpha value is -1.45. The second-order valence-electron chi connectivity index (χ2n) is 4.06. The van der Waals surface area contributed by atoms with Crippen LogP contribution >= 0.6 is 0 Å². The van der Waals surface area contributed by atoms with Crippen molar-refractivity contribution in [3.63, 3.8) is 0 Å². The maximum atomic E-state index is 11.3. The van der Waals surface area contributed by atoms with E-state index in [1.54, 1.807) is 0 Å². The topological polar surface area (TPSA) is 46.1 Å². The highest BCUT2D eigenvalue weighted by atomic mass is 16.2. The lowest BCUT2D eigenvalue weighted by molar-refractivity contribution is 0.240. The van der Waals surface area contributed by atoms with E-state index >= 15 is 0 Å². The molecule has 1 aromatic rings. The van der Waals surface area contributed by atoms with Gasteiger partial charge in [0.15, 0.2) is 0 Å². The summed E-state index contributed by atoms with van der Waals surface area (Å²) in [6.07, 6.45) is 0.955. The van der Waals surface area contributed by atoms with Crippen LogP contribution in [0.5, 0.6) is 0 Å². The van der Waals surface area contributed by atoms with Crippen molar-refractivity contribution in [2.45, 2.75) is 33.7 Å². The summed E-state index contributed by atoms with van der Waals surface area (Å²) in [6.45, 7) is 7.47.